The van der Waals surface area contributed by atoms with Crippen LogP contribution >= 0.6 is 0 Å². The van der Waals surface area contributed by atoms with Crippen LogP contribution in [-0.2, 0) is 0 Å². The van der Waals surface area contributed by atoms with Crippen LogP contribution in [0.15, 0.2) is 12.4 Å². The van der Waals surface area contributed by atoms with E-state index in [1.165, 1.54) is 19.2 Å². The first-order valence-electron chi connectivity index (χ1n) is 4.38. The number of nitrogens with two attached hydrogens (primary N) is 1. The fourth-order valence-electron chi connectivity index (χ4n) is 1.04. The number of nitrogen functional groups attached to an aromatic ring is 1. The first kappa shape index (κ1) is 8.29. The summed E-state index contributed by atoms with van der Waals surface area (Å²) in [6.07, 6.45) is 3.90. The highest BCUT2D eigenvalue weighted by atomic mass is 16.5. The molecule has 0 aromatic carbocycles. The molecular formula is C9H13N3O. The Morgan fingerprint density at radius 3 is 2.92 bits per heavy atom. The Labute approximate surface area is 77.1 Å². The predicted octanol–water partition coefficient (Wildman–Crippen LogP) is 1.24. The van der Waals surface area contributed by atoms with E-state index in [0.29, 0.717) is 17.1 Å². The third kappa shape index (κ3) is 2.08. The Morgan fingerprint density at radius 1 is 1.54 bits per heavy atom. The van der Waals surface area contributed by atoms with Gasteiger partial charge in [-0.15, -0.1) is 0 Å². The van der Waals surface area contributed by atoms with E-state index in [0.717, 1.165) is 6.61 Å². The second kappa shape index (κ2) is 2.87. The van der Waals surface area contributed by atoms with Crippen molar-refractivity contribution < 1.29 is 4.74 Å². The number of nitrogens with zero attached hydrogens (tertiary/aromatic N) is 2. The number of hydrogen-bond acceptors (Lipinski definition) is 4. The number of hydrogen-bond donors (Lipinski definition) is 1. The number of ether oxygens (including phenoxy) is 1. The number of anilines is 1. The zero-order valence-corrected chi connectivity index (χ0v) is 7.66. The fraction of sp³-hybridized carbons (Fsp3) is 0.556. The summed E-state index contributed by atoms with van der Waals surface area (Å²) in [5.41, 5.74) is 5.86. The Hall–Kier alpha value is -1.32. The van der Waals surface area contributed by atoms with Gasteiger partial charge in [0.25, 0.3) is 0 Å². The van der Waals surface area contributed by atoms with Crippen LogP contribution in [0.2, 0.25) is 0 Å². The van der Waals surface area contributed by atoms with Crippen LogP contribution in [0, 0.1) is 5.41 Å². The van der Waals surface area contributed by atoms with E-state index < -0.39 is 0 Å². The van der Waals surface area contributed by atoms with Crippen molar-refractivity contribution in [1.29, 1.82) is 0 Å². The average molecular weight is 179 g/mol. The van der Waals surface area contributed by atoms with Gasteiger partial charge in [-0.3, -0.25) is 0 Å². The van der Waals surface area contributed by atoms with E-state index in [1.54, 1.807) is 6.07 Å². The minimum absolute atomic E-state index is 0.375. The van der Waals surface area contributed by atoms with E-state index in [4.69, 9.17) is 10.5 Å². The molecule has 4 heteroatoms. The van der Waals surface area contributed by atoms with Crippen molar-refractivity contribution in [3.63, 3.8) is 0 Å². The van der Waals surface area contributed by atoms with Crippen molar-refractivity contribution >= 4 is 5.82 Å². The van der Waals surface area contributed by atoms with Gasteiger partial charge in [0.15, 0.2) is 0 Å². The molecule has 2 N–H and O–H groups in total. The lowest BCUT2D eigenvalue weighted by Crippen LogP contribution is -2.09. The van der Waals surface area contributed by atoms with Crippen LogP contribution in [-0.4, -0.2) is 16.6 Å². The fourth-order valence-corrected chi connectivity index (χ4v) is 1.04. The molecule has 0 spiro atoms. The molecule has 1 aliphatic rings. The first-order valence-corrected chi connectivity index (χ1v) is 4.38. The van der Waals surface area contributed by atoms with Gasteiger partial charge in [0.1, 0.15) is 12.1 Å². The molecule has 0 atom stereocenters. The summed E-state index contributed by atoms with van der Waals surface area (Å²) in [4.78, 5) is 7.74. The third-order valence-electron chi connectivity index (χ3n) is 2.34. The zero-order chi connectivity index (χ0) is 9.31. The lowest BCUT2D eigenvalue weighted by atomic mass is 10.2. The average Bonchev–Trinajstić information content (AvgIpc) is 2.82. The standard InChI is InChI=1S/C9H13N3O/c1-9(2-3-9)5-13-8-4-7(10)11-6-12-8/h4,6H,2-3,5H2,1H3,(H2,10,11,12). The van der Waals surface area contributed by atoms with Crippen molar-refractivity contribution in [2.24, 2.45) is 5.41 Å². The van der Waals surface area contributed by atoms with Crippen molar-refractivity contribution in [3.05, 3.63) is 12.4 Å². The topological polar surface area (TPSA) is 61.0 Å². The lowest BCUT2D eigenvalue weighted by Gasteiger charge is -2.09. The van der Waals surface area contributed by atoms with Crippen LogP contribution < -0.4 is 10.5 Å². The molecule has 0 radical (unpaired) electrons. The summed E-state index contributed by atoms with van der Waals surface area (Å²) < 4.78 is 5.48. The van der Waals surface area contributed by atoms with E-state index in [2.05, 4.69) is 16.9 Å². The molecule has 1 aromatic rings. The molecule has 0 aliphatic heterocycles. The van der Waals surface area contributed by atoms with Gasteiger partial charge in [0.2, 0.25) is 5.88 Å². The van der Waals surface area contributed by atoms with Gasteiger partial charge in [-0.25, -0.2) is 9.97 Å². The summed E-state index contributed by atoms with van der Waals surface area (Å²) in [6, 6.07) is 1.64. The summed E-state index contributed by atoms with van der Waals surface area (Å²) in [7, 11) is 0. The second-order valence-electron chi connectivity index (χ2n) is 3.88. The maximum absolute atomic E-state index is 5.48. The summed E-state index contributed by atoms with van der Waals surface area (Å²) in [5.74, 6) is 1.02. The molecule has 0 unspecified atom stereocenters. The zero-order valence-electron chi connectivity index (χ0n) is 7.66. The second-order valence-corrected chi connectivity index (χ2v) is 3.88. The van der Waals surface area contributed by atoms with Crippen LogP contribution in [0.3, 0.4) is 0 Å². The smallest absolute Gasteiger partial charge is 0.218 e. The molecule has 70 valence electrons. The van der Waals surface area contributed by atoms with Gasteiger partial charge in [-0.2, -0.15) is 0 Å². The quantitative estimate of drug-likeness (QED) is 0.758. The molecule has 13 heavy (non-hydrogen) atoms. The summed E-state index contributed by atoms with van der Waals surface area (Å²) in [5, 5.41) is 0. The Kier molecular flexibility index (Phi) is 1.83. The van der Waals surface area contributed by atoms with Gasteiger partial charge in [0, 0.05) is 11.5 Å². The van der Waals surface area contributed by atoms with Crippen LogP contribution in [0.25, 0.3) is 0 Å². The number of rotatable bonds is 3. The Morgan fingerprint density at radius 2 is 2.31 bits per heavy atom. The maximum Gasteiger partial charge on any atom is 0.218 e. The van der Waals surface area contributed by atoms with Gasteiger partial charge >= 0.3 is 0 Å². The molecule has 4 nitrogen and oxygen atoms in total. The van der Waals surface area contributed by atoms with Crippen LogP contribution in [0.5, 0.6) is 5.88 Å². The molecule has 0 amide bonds. The molecule has 1 aliphatic carbocycles. The van der Waals surface area contributed by atoms with Gasteiger partial charge < -0.3 is 10.5 Å². The molecular weight excluding hydrogens is 166 g/mol. The third-order valence-corrected chi connectivity index (χ3v) is 2.34. The van der Waals surface area contributed by atoms with E-state index in [-0.39, 0.29) is 0 Å². The molecule has 1 saturated carbocycles. The molecule has 1 heterocycles. The minimum atomic E-state index is 0.375. The Balaban J connectivity index is 1.94. The van der Waals surface area contributed by atoms with E-state index in [9.17, 15) is 0 Å². The maximum atomic E-state index is 5.48. The lowest BCUT2D eigenvalue weighted by molar-refractivity contribution is 0.238. The van der Waals surface area contributed by atoms with Crippen LogP contribution in [0.4, 0.5) is 5.82 Å². The van der Waals surface area contributed by atoms with Gasteiger partial charge in [-0.05, 0) is 12.8 Å². The molecule has 2 rings (SSSR count). The highest BCUT2D eigenvalue weighted by Crippen LogP contribution is 2.44. The van der Waals surface area contributed by atoms with Gasteiger partial charge in [-0.1, -0.05) is 6.92 Å². The first-order chi connectivity index (χ1) is 6.18. The molecule has 1 aromatic heterocycles. The SMILES string of the molecule is CC1(COc2cc(N)ncn2)CC1. The van der Waals surface area contributed by atoms with E-state index >= 15 is 0 Å². The highest BCUT2D eigenvalue weighted by molar-refractivity contribution is 5.30. The monoisotopic (exact) mass is 179 g/mol. The number of aromatic nitrogens is 2. The summed E-state index contributed by atoms with van der Waals surface area (Å²) >= 11 is 0. The van der Waals surface area contributed by atoms with Crippen molar-refractivity contribution in [2.45, 2.75) is 19.8 Å². The van der Waals surface area contributed by atoms with Gasteiger partial charge in [0.05, 0.1) is 6.61 Å². The Bertz CT molecular complexity index is 309. The summed E-state index contributed by atoms with van der Waals surface area (Å²) in [6.45, 7) is 2.93. The normalized spacial score (nSPS) is 18.2. The van der Waals surface area contributed by atoms with Crippen molar-refractivity contribution in [2.75, 3.05) is 12.3 Å². The highest BCUT2D eigenvalue weighted by Gasteiger charge is 2.38. The predicted molar refractivity (Wildman–Crippen MR) is 49.3 cm³/mol. The minimum Gasteiger partial charge on any atom is -0.477 e. The van der Waals surface area contributed by atoms with Crippen molar-refractivity contribution in [3.8, 4) is 5.88 Å². The molecule has 1 fully saturated rings. The largest absolute Gasteiger partial charge is 0.477 e. The van der Waals surface area contributed by atoms with Crippen LogP contribution in [0.1, 0.15) is 19.8 Å². The van der Waals surface area contributed by atoms with Crippen molar-refractivity contribution in [1.82, 2.24) is 9.97 Å². The molecule has 0 bridgehead atoms. The molecule has 0 saturated heterocycles. The van der Waals surface area contributed by atoms with E-state index in [1.807, 2.05) is 0 Å².